The number of fused-ring (bicyclic) bond motifs is 3. The number of pyridine rings is 1. The second-order valence-electron chi connectivity index (χ2n) is 7.81. The lowest BCUT2D eigenvalue weighted by Crippen LogP contribution is -2.49. The van der Waals surface area contributed by atoms with Crippen LogP contribution in [0.25, 0.3) is 16.7 Å². The van der Waals surface area contributed by atoms with E-state index < -0.39 is 0 Å². The van der Waals surface area contributed by atoms with E-state index >= 15 is 0 Å². The molecule has 1 fully saturated rings. The van der Waals surface area contributed by atoms with Crippen molar-refractivity contribution in [1.82, 2.24) is 4.98 Å². The standard InChI is InChI=1S/C24H23N5/c1-17-7-9-19(10-8-17)27-11-13-28(14-12-27)23-15-18(2)20(16-25)24-26-21-5-3-4-6-22(21)29(23)24/h3-10,15H,11-14H2,1-2H3/p+1. The van der Waals surface area contributed by atoms with Crippen LogP contribution in [-0.2, 0) is 0 Å². The highest BCUT2D eigenvalue weighted by Gasteiger charge is 2.27. The number of hydrogen-bond acceptors (Lipinski definition) is 3. The van der Waals surface area contributed by atoms with Crippen molar-refractivity contribution in [2.75, 3.05) is 36.0 Å². The molecule has 0 saturated carbocycles. The predicted octanol–water partition coefficient (Wildman–Crippen LogP) is 3.72. The average Bonchev–Trinajstić information content (AvgIpc) is 3.13. The number of piperazine rings is 1. The third-order valence-corrected chi connectivity index (χ3v) is 5.94. The van der Waals surface area contributed by atoms with Crippen LogP contribution in [0.2, 0.25) is 0 Å². The van der Waals surface area contributed by atoms with Gasteiger partial charge in [0.2, 0.25) is 11.5 Å². The van der Waals surface area contributed by atoms with E-state index in [-0.39, 0.29) is 0 Å². The van der Waals surface area contributed by atoms with Gasteiger partial charge >= 0.3 is 0 Å². The molecule has 4 aromatic rings. The molecule has 29 heavy (non-hydrogen) atoms. The summed E-state index contributed by atoms with van der Waals surface area (Å²) >= 11 is 0. The molecule has 1 saturated heterocycles. The maximum Gasteiger partial charge on any atom is 0.250 e. The molecule has 1 aliphatic rings. The second-order valence-corrected chi connectivity index (χ2v) is 7.81. The number of imidazole rings is 1. The number of nitriles is 1. The topological polar surface area (TPSA) is 50.2 Å². The van der Waals surface area contributed by atoms with Crippen LogP contribution in [0.15, 0.2) is 54.6 Å². The van der Waals surface area contributed by atoms with Crippen LogP contribution in [0.3, 0.4) is 0 Å². The average molecular weight is 382 g/mol. The third kappa shape index (κ3) is 2.89. The van der Waals surface area contributed by atoms with Crippen LogP contribution >= 0.6 is 0 Å². The lowest BCUT2D eigenvalue weighted by molar-refractivity contribution is -0.467. The molecule has 144 valence electrons. The molecule has 0 atom stereocenters. The first-order chi connectivity index (χ1) is 14.2. The zero-order valence-electron chi connectivity index (χ0n) is 16.8. The fourth-order valence-corrected chi connectivity index (χ4v) is 4.33. The minimum atomic E-state index is 0.711. The van der Waals surface area contributed by atoms with Crippen molar-refractivity contribution in [2.24, 2.45) is 0 Å². The van der Waals surface area contributed by atoms with E-state index in [1.807, 2.05) is 19.1 Å². The molecule has 0 spiro atoms. The monoisotopic (exact) mass is 382 g/mol. The van der Waals surface area contributed by atoms with Crippen LogP contribution in [0.1, 0.15) is 16.7 Å². The van der Waals surface area contributed by atoms with Crippen LogP contribution in [0.5, 0.6) is 0 Å². The molecule has 2 aromatic carbocycles. The summed E-state index contributed by atoms with van der Waals surface area (Å²) < 4.78 is 2.21. The molecular weight excluding hydrogens is 358 g/mol. The number of nitrogens with zero attached hydrogens (tertiary/aromatic N) is 4. The van der Waals surface area contributed by atoms with E-state index in [4.69, 9.17) is 0 Å². The van der Waals surface area contributed by atoms with Gasteiger partial charge in [-0.15, -0.1) is 0 Å². The number of rotatable bonds is 2. The van der Waals surface area contributed by atoms with E-state index in [2.05, 4.69) is 74.6 Å². The molecule has 0 amide bonds. The molecule has 2 aromatic heterocycles. The lowest BCUT2D eigenvalue weighted by Gasteiger charge is -2.34. The Balaban J connectivity index is 1.54. The highest BCUT2D eigenvalue weighted by molar-refractivity contribution is 5.77. The van der Waals surface area contributed by atoms with Crippen molar-refractivity contribution in [2.45, 2.75) is 13.8 Å². The Labute approximate surface area is 170 Å². The minimum Gasteiger partial charge on any atom is -0.365 e. The summed E-state index contributed by atoms with van der Waals surface area (Å²) in [7, 11) is 0. The van der Waals surface area contributed by atoms with Crippen LogP contribution < -0.4 is 14.2 Å². The summed E-state index contributed by atoms with van der Waals surface area (Å²) in [6, 6.07) is 21.6. The van der Waals surface area contributed by atoms with E-state index in [1.54, 1.807) is 0 Å². The number of para-hydroxylation sites is 2. The quantitative estimate of drug-likeness (QED) is 0.538. The van der Waals surface area contributed by atoms with Gasteiger partial charge in [-0.25, -0.2) is 0 Å². The SMILES string of the molecule is Cc1ccc(N2CCN(c3cc(C)c(C#N)c4[nH]c5ccccc5[n+]34)CC2)cc1. The number of aromatic nitrogens is 2. The van der Waals surface area contributed by atoms with Crippen molar-refractivity contribution < 1.29 is 4.40 Å². The number of aromatic amines is 1. The summed E-state index contributed by atoms with van der Waals surface area (Å²) in [5, 5.41) is 9.72. The van der Waals surface area contributed by atoms with Crippen LogP contribution in [-0.4, -0.2) is 31.2 Å². The molecule has 5 heteroatoms. The van der Waals surface area contributed by atoms with Gasteiger partial charge in [-0.1, -0.05) is 29.8 Å². The van der Waals surface area contributed by atoms with Gasteiger partial charge < -0.3 is 4.90 Å². The molecule has 0 radical (unpaired) electrons. The van der Waals surface area contributed by atoms with Crippen molar-refractivity contribution in [3.8, 4) is 6.07 Å². The normalized spacial score (nSPS) is 14.5. The smallest absolute Gasteiger partial charge is 0.250 e. The van der Waals surface area contributed by atoms with E-state index in [0.717, 1.165) is 54.2 Å². The molecule has 5 nitrogen and oxygen atoms in total. The largest absolute Gasteiger partial charge is 0.365 e. The Morgan fingerprint density at radius 1 is 0.931 bits per heavy atom. The Kier molecular flexibility index (Phi) is 4.13. The second kappa shape index (κ2) is 6.82. The van der Waals surface area contributed by atoms with Gasteiger partial charge in [0.1, 0.15) is 22.7 Å². The maximum absolute atomic E-state index is 9.72. The molecule has 0 unspecified atom stereocenters. The summed E-state index contributed by atoms with van der Waals surface area (Å²) in [5.74, 6) is 1.15. The molecule has 3 heterocycles. The first-order valence-electron chi connectivity index (χ1n) is 10.1. The first-order valence-corrected chi connectivity index (χ1v) is 10.1. The van der Waals surface area contributed by atoms with Crippen molar-refractivity contribution >= 4 is 28.2 Å². The fraction of sp³-hybridized carbons (Fsp3) is 0.250. The van der Waals surface area contributed by atoms with Gasteiger partial charge in [-0.3, -0.25) is 9.88 Å². The van der Waals surface area contributed by atoms with Crippen LogP contribution in [0, 0.1) is 25.2 Å². The van der Waals surface area contributed by atoms with E-state index in [9.17, 15) is 5.26 Å². The van der Waals surface area contributed by atoms with Gasteiger partial charge in [0.25, 0.3) is 0 Å². The molecule has 5 rings (SSSR count). The number of benzene rings is 2. The highest BCUT2D eigenvalue weighted by atomic mass is 15.3. The number of aryl methyl sites for hydroxylation is 2. The summed E-state index contributed by atoms with van der Waals surface area (Å²) in [5.41, 5.74) is 7.33. The van der Waals surface area contributed by atoms with Gasteiger partial charge in [-0.2, -0.15) is 9.66 Å². The summed E-state index contributed by atoms with van der Waals surface area (Å²) in [4.78, 5) is 8.35. The van der Waals surface area contributed by atoms with Crippen molar-refractivity contribution in [1.29, 1.82) is 5.26 Å². The lowest BCUT2D eigenvalue weighted by atomic mass is 10.1. The van der Waals surface area contributed by atoms with Crippen molar-refractivity contribution in [3.63, 3.8) is 0 Å². The number of hydrogen-bond donors (Lipinski definition) is 1. The third-order valence-electron chi connectivity index (χ3n) is 5.94. The Hall–Kier alpha value is -3.52. The molecule has 1 aliphatic heterocycles. The Bertz CT molecular complexity index is 1240. The van der Waals surface area contributed by atoms with E-state index in [1.165, 1.54) is 11.3 Å². The molecule has 0 bridgehead atoms. The number of anilines is 2. The zero-order valence-corrected chi connectivity index (χ0v) is 16.8. The van der Waals surface area contributed by atoms with Crippen LogP contribution in [0.4, 0.5) is 11.5 Å². The van der Waals surface area contributed by atoms with Gasteiger partial charge in [0, 0.05) is 24.8 Å². The van der Waals surface area contributed by atoms with Gasteiger partial charge in [0.05, 0.1) is 13.1 Å². The maximum atomic E-state index is 9.72. The van der Waals surface area contributed by atoms with Crippen molar-refractivity contribution in [3.05, 3.63) is 71.3 Å². The van der Waals surface area contributed by atoms with Gasteiger partial charge in [-0.05, 0) is 43.7 Å². The molecular formula is C24H24N5+. The fourth-order valence-electron chi connectivity index (χ4n) is 4.33. The zero-order chi connectivity index (χ0) is 20.0. The minimum absolute atomic E-state index is 0.711. The molecule has 0 aliphatic carbocycles. The number of H-pyrrole nitrogens is 1. The van der Waals surface area contributed by atoms with Gasteiger partial charge in [0.15, 0.2) is 0 Å². The predicted molar refractivity (Wildman–Crippen MR) is 117 cm³/mol. The Morgan fingerprint density at radius 3 is 2.34 bits per heavy atom. The number of nitrogens with one attached hydrogen (secondary N) is 1. The summed E-state index contributed by atoms with van der Waals surface area (Å²) in [6.45, 7) is 8.00. The highest BCUT2D eigenvalue weighted by Crippen LogP contribution is 2.24. The first kappa shape index (κ1) is 17.6. The molecule has 1 N–H and O–H groups in total. The Morgan fingerprint density at radius 2 is 1.62 bits per heavy atom. The summed E-state index contributed by atoms with van der Waals surface area (Å²) in [6.07, 6.45) is 0. The van der Waals surface area contributed by atoms with E-state index in [0.29, 0.717) is 5.56 Å².